The number of anilines is 1. The van der Waals surface area contributed by atoms with Crippen LogP contribution in [-0.4, -0.2) is 21.0 Å². The highest BCUT2D eigenvalue weighted by atomic mass is 32.2. The first-order valence-corrected chi connectivity index (χ1v) is 12.0. The first-order chi connectivity index (χ1) is 17.0. The maximum absolute atomic E-state index is 14.5. The highest BCUT2D eigenvalue weighted by Crippen LogP contribution is 2.36. The van der Waals surface area contributed by atoms with Gasteiger partial charge < -0.3 is 10.2 Å². The molecule has 1 aliphatic heterocycles. The van der Waals surface area contributed by atoms with Crippen LogP contribution in [0, 0.1) is 5.82 Å². The van der Waals surface area contributed by atoms with Crippen molar-refractivity contribution in [3.63, 3.8) is 0 Å². The monoisotopic (exact) mass is 485 g/mol. The van der Waals surface area contributed by atoms with Gasteiger partial charge in [-0.1, -0.05) is 36.4 Å². The van der Waals surface area contributed by atoms with Crippen molar-refractivity contribution in [1.82, 2.24) is 10.3 Å². The van der Waals surface area contributed by atoms with Gasteiger partial charge in [0.15, 0.2) is 0 Å². The highest BCUT2D eigenvalue weighted by molar-refractivity contribution is 7.85. The lowest BCUT2D eigenvalue weighted by molar-refractivity contribution is 0.0947. The molecule has 0 saturated heterocycles. The molecule has 1 N–H and O–H groups in total. The van der Waals surface area contributed by atoms with E-state index < -0.39 is 22.5 Å². The fourth-order valence-electron chi connectivity index (χ4n) is 3.95. The summed E-state index contributed by atoms with van der Waals surface area (Å²) in [6.07, 6.45) is 3.31. The molecular formula is C27H20FN3O3S. The number of fused-ring (bicyclic) bond motifs is 2. The molecule has 0 unspecified atom stereocenters. The Balaban J connectivity index is 1.56. The summed E-state index contributed by atoms with van der Waals surface area (Å²) in [6, 6.07) is 21.2. The third-order valence-electron chi connectivity index (χ3n) is 5.74. The third kappa shape index (κ3) is 4.48. The van der Waals surface area contributed by atoms with Crippen LogP contribution in [0.3, 0.4) is 0 Å². The molecule has 174 valence electrons. The van der Waals surface area contributed by atoms with Gasteiger partial charge in [0, 0.05) is 30.1 Å². The fraction of sp³-hybridized carbons (Fsp3) is 0.0741. The third-order valence-corrected chi connectivity index (χ3v) is 7.24. The molecule has 0 radical (unpaired) electrons. The van der Waals surface area contributed by atoms with Crippen LogP contribution >= 0.6 is 0 Å². The number of hydrogen-bond acceptors (Lipinski definition) is 4. The molecule has 35 heavy (non-hydrogen) atoms. The molecule has 2 amide bonds. The predicted molar refractivity (Wildman–Crippen MR) is 130 cm³/mol. The normalized spacial score (nSPS) is 14.6. The second-order valence-electron chi connectivity index (χ2n) is 7.97. The van der Waals surface area contributed by atoms with Crippen molar-refractivity contribution in [2.45, 2.75) is 22.9 Å². The van der Waals surface area contributed by atoms with Crippen LogP contribution in [0.25, 0.3) is 0 Å². The van der Waals surface area contributed by atoms with Gasteiger partial charge in [0.25, 0.3) is 11.8 Å². The molecule has 6 nitrogen and oxygen atoms in total. The molecule has 3 aromatic carbocycles. The molecule has 5 rings (SSSR count). The summed E-state index contributed by atoms with van der Waals surface area (Å²) >= 11 is 0. The maximum Gasteiger partial charge on any atom is 0.259 e. The lowest BCUT2D eigenvalue weighted by Crippen LogP contribution is -2.31. The first-order valence-electron chi connectivity index (χ1n) is 10.9. The van der Waals surface area contributed by atoms with E-state index in [-0.39, 0.29) is 24.6 Å². The molecule has 1 aliphatic rings. The van der Waals surface area contributed by atoms with Gasteiger partial charge in [-0.05, 0) is 48.0 Å². The van der Waals surface area contributed by atoms with Gasteiger partial charge >= 0.3 is 0 Å². The van der Waals surface area contributed by atoms with Gasteiger partial charge in [0.1, 0.15) is 5.82 Å². The smallest absolute Gasteiger partial charge is 0.259 e. The van der Waals surface area contributed by atoms with Crippen LogP contribution < -0.4 is 10.2 Å². The number of pyridine rings is 1. The zero-order valence-corrected chi connectivity index (χ0v) is 19.3. The molecule has 0 saturated carbocycles. The SMILES string of the molecule is O=C(NCc1cccnc1)c1ccc2c(c1)N(Cc1ccccc1F)C(=O)c1ccccc1[S@@]2=O. The van der Waals surface area contributed by atoms with E-state index in [4.69, 9.17) is 0 Å². The second kappa shape index (κ2) is 9.60. The predicted octanol–water partition coefficient (Wildman–Crippen LogP) is 4.48. The zero-order chi connectivity index (χ0) is 24.4. The molecule has 0 aliphatic carbocycles. The van der Waals surface area contributed by atoms with Crippen LogP contribution in [0.1, 0.15) is 31.8 Å². The number of nitrogens with one attached hydrogen (secondary N) is 1. The summed E-state index contributed by atoms with van der Waals surface area (Å²) in [6.45, 7) is 0.198. The number of benzene rings is 3. The van der Waals surface area contributed by atoms with Gasteiger partial charge in [-0.3, -0.25) is 14.6 Å². The molecule has 8 heteroatoms. The van der Waals surface area contributed by atoms with E-state index >= 15 is 0 Å². The molecular weight excluding hydrogens is 465 g/mol. The average Bonchev–Trinajstić information content (AvgIpc) is 2.98. The number of hydrogen-bond donors (Lipinski definition) is 1. The van der Waals surface area contributed by atoms with Gasteiger partial charge in [0.05, 0.1) is 38.4 Å². The zero-order valence-electron chi connectivity index (χ0n) is 18.5. The largest absolute Gasteiger partial charge is 0.348 e. The molecule has 2 heterocycles. The minimum atomic E-state index is -1.66. The minimum Gasteiger partial charge on any atom is -0.348 e. The molecule has 0 fully saturated rings. The van der Waals surface area contributed by atoms with Crippen molar-refractivity contribution in [3.8, 4) is 0 Å². The Morgan fingerprint density at radius 3 is 2.57 bits per heavy atom. The van der Waals surface area contributed by atoms with E-state index in [1.807, 2.05) is 6.07 Å². The maximum atomic E-state index is 14.5. The van der Waals surface area contributed by atoms with E-state index in [2.05, 4.69) is 10.3 Å². The summed E-state index contributed by atoms with van der Waals surface area (Å²) in [5.74, 6) is -1.22. The van der Waals surface area contributed by atoms with E-state index in [9.17, 15) is 18.2 Å². The lowest BCUT2D eigenvalue weighted by atomic mass is 10.1. The molecule has 0 spiro atoms. The Kier molecular flexibility index (Phi) is 6.20. The van der Waals surface area contributed by atoms with E-state index in [0.29, 0.717) is 26.6 Å². The van der Waals surface area contributed by atoms with E-state index in [1.165, 1.54) is 17.0 Å². The summed E-state index contributed by atoms with van der Waals surface area (Å²) < 4.78 is 28.0. The quantitative estimate of drug-likeness (QED) is 0.452. The van der Waals surface area contributed by atoms with Gasteiger partial charge in [-0.25, -0.2) is 8.60 Å². The number of carbonyl (C=O) groups excluding carboxylic acids is 2. The first kappa shape index (κ1) is 22.6. The van der Waals surface area contributed by atoms with Crippen molar-refractivity contribution < 1.29 is 18.2 Å². The highest BCUT2D eigenvalue weighted by Gasteiger charge is 2.32. The fourth-order valence-corrected chi connectivity index (χ4v) is 5.29. The second-order valence-corrected chi connectivity index (χ2v) is 9.39. The minimum absolute atomic E-state index is 0.0786. The van der Waals surface area contributed by atoms with Crippen molar-refractivity contribution in [2.75, 3.05) is 4.90 Å². The number of halogens is 1. The molecule has 4 aromatic rings. The molecule has 1 atom stereocenters. The summed E-state index contributed by atoms with van der Waals surface area (Å²) in [7, 11) is -1.66. The number of rotatable bonds is 5. The van der Waals surface area contributed by atoms with Crippen LogP contribution in [0.2, 0.25) is 0 Å². The summed E-state index contributed by atoms with van der Waals surface area (Å²) in [5, 5.41) is 2.83. The number of nitrogens with zero attached hydrogens (tertiary/aromatic N) is 2. The Morgan fingerprint density at radius 2 is 1.77 bits per heavy atom. The Hall–Kier alpha value is -4.17. The summed E-state index contributed by atoms with van der Waals surface area (Å²) in [4.78, 5) is 32.7. The topological polar surface area (TPSA) is 79.4 Å². The van der Waals surface area contributed by atoms with Crippen molar-refractivity contribution >= 4 is 28.3 Å². The van der Waals surface area contributed by atoms with Gasteiger partial charge in [0.2, 0.25) is 0 Å². The number of carbonyl (C=O) groups is 2. The van der Waals surface area contributed by atoms with E-state index in [0.717, 1.165) is 5.56 Å². The Bertz CT molecular complexity index is 1460. The lowest BCUT2D eigenvalue weighted by Gasteiger charge is -2.24. The number of aromatic nitrogens is 1. The standard InChI is InChI=1S/C27H20FN3O3S/c28-22-9-3-1-7-20(22)17-31-23-14-19(26(32)30-16-18-6-5-13-29-15-18)11-12-25(23)35(34)24-10-4-2-8-21(24)27(31)33/h1-15H,16-17H2,(H,30,32)/t35-/m0/s1. The van der Waals surface area contributed by atoms with Crippen LogP contribution in [-0.2, 0) is 23.9 Å². The van der Waals surface area contributed by atoms with Crippen LogP contribution in [0.5, 0.6) is 0 Å². The van der Waals surface area contributed by atoms with Gasteiger partial charge in [-0.2, -0.15) is 0 Å². The number of amides is 2. The molecule has 1 aromatic heterocycles. The van der Waals surface area contributed by atoms with E-state index in [1.54, 1.807) is 73.1 Å². The van der Waals surface area contributed by atoms with Crippen LogP contribution in [0.15, 0.2) is 101 Å². The summed E-state index contributed by atoms with van der Waals surface area (Å²) in [5.41, 5.74) is 2.02. The van der Waals surface area contributed by atoms with Crippen molar-refractivity contribution in [2.24, 2.45) is 0 Å². The molecule has 0 bridgehead atoms. The van der Waals surface area contributed by atoms with Crippen molar-refractivity contribution in [3.05, 3.63) is 119 Å². The van der Waals surface area contributed by atoms with Gasteiger partial charge in [-0.15, -0.1) is 0 Å². The Morgan fingerprint density at radius 1 is 0.971 bits per heavy atom. The van der Waals surface area contributed by atoms with Crippen molar-refractivity contribution in [1.29, 1.82) is 0 Å². The Labute approximate surface area is 203 Å². The average molecular weight is 486 g/mol. The van der Waals surface area contributed by atoms with Crippen LogP contribution in [0.4, 0.5) is 10.1 Å².